The highest BCUT2D eigenvalue weighted by molar-refractivity contribution is 4.99. The second kappa shape index (κ2) is 13.4. The van der Waals surface area contributed by atoms with Crippen LogP contribution in [0, 0.1) is 10.8 Å². The van der Waals surface area contributed by atoms with Crippen molar-refractivity contribution in [2.75, 3.05) is 0 Å². The molecule has 29 heavy (non-hydrogen) atoms. The Morgan fingerprint density at radius 3 is 1.24 bits per heavy atom. The van der Waals surface area contributed by atoms with E-state index in [-0.39, 0.29) is 0 Å². The molecule has 0 amide bonds. The summed E-state index contributed by atoms with van der Waals surface area (Å²) in [7, 11) is 0. The summed E-state index contributed by atoms with van der Waals surface area (Å²) in [5.41, 5.74) is 1.19. The lowest BCUT2D eigenvalue weighted by Crippen LogP contribution is -2.56. The molecule has 0 heterocycles. The average Bonchev–Trinajstić information content (AvgIpc) is 2.76. The van der Waals surface area contributed by atoms with Crippen LogP contribution < -0.4 is 5.32 Å². The Morgan fingerprint density at radius 2 is 0.931 bits per heavy atom. The number of rotatable bonds is 14. The van der Waals surface area contributed by atoms with Crippen molar-refractivity contribution in [2.45, 2.75) is 168 Å². The molecule has 2 unspecified atom stereocenters. The molecule has 2 atom stereocenters. The van der Waals surface area contributed by atoms with Gasteiger partial charge in [0.15, 0.2) is 0 Å². The van der Waals surface area contributed by atoms with E-state index in [1.54, 1.807) is 0 Å². The molecule has 0 aromatic rings. The maximum absolute atomic E-state index is 4.49. The van der Waals surface area contributed by atoms with E-state index in [9.17, 15) is 0 Å². The zero-order chi connectivity index (χ0) is 21.0. The second-order valence-corrected chi connectivity index (χ2v) is 10.9. The van der Waals surface area contributed by atoms with Gasteiger partial charge in [-0.3, -0.25) is 0 Å². The number of hydrogen-bond donors (Lipinski definition) is 1. The Kier molecular flexibility index (Phi) is 11.6. The normalized spacial score (nSPS) is 23.6. The zero-order valence-electron chi connectivity index (χ0n) is 20.8. The van der Waals surface area contributed by atoms with Gasteiger partial charge in [-0.15, -0.1) is 0 Å². The van der Waals surface area contributed by atoms with Crippen LogP contribution in [-0.4, -0.2) is 12.1 Å². The van der Waals surface area contributed by atoms with Crippen LogP contribution in [0.4, 0.5) is 0 Å². The lowest BCUT2D eigenvalue weighted by atomic mass is 9.62. The summed E-state index contributed by atoms with van der Waals surface area (Å²) in [6, 6.07) is 1.52. The first-order chi connectivity index (χ1) is 14.2. The molecule has 172 valence electrons. The van der Waals surface area contributed by atoms with Crippen LogP contribution in [0.1, 0.15) is 156 Å². The molecular formula is C28H55N. The highest BCUT2D eigenvalue weighted by Crippen LogP contribution is 2.48. The smallest absolute Gasteiger partial charge is 0.0126 e. The van der Waals surface area contributed by atoms with Gasteiger partial charge in [-0.05, 0) is 62.2 Å². The van der Waals surface area contributed by atoms with E-state index in [1.807, 2.05) is 0 Å². The molecule has 0 saturated heterocycles. The first kappa shape index (κ1) is 25.2. The lowest BCUT2D eigenvalue weighted by molar-refractivity contribution is 0.0426. The molecule has 0 aromatic heterocycles. The molecule has 2 aliphatic carbocycles. The van der Waals surface area contributed by atoms with E-state index in [4.69, 9.17) is 0 Å². The van der Waals surface area contributed by atoms with Gasteiger partial charge in [0.05, 0.1) is 0 Å². The Hall–Kier alpha value is -0.0400. The molecule has 0 aliphatic heterocycles. The molecule has 2 fully saturated rings. The van der Waals surface area contributed by atoms with Gasteiger partial charge in [0.2, 0.25) is 0 Å². The molecule has 1 heteroatoms. The molecule has 0 spiro atoms. The van der Waals surface area contributed by atoms with Crippen molar-refractivity contribution in [3.05, 3.63) is 0 Å². The maximum atomic E-state index is 4.49. The summed E-state index contributed by atoms with van der Waals surface area (Å²) >= 11 is 0. The van der Waals surface area contributed by atoms with Crippen molar-refractivity contribution >= 4 is 0 Å². The van der Waals surface area contributed by atoms with Gasteiger partial charge in [0, 0.05) is 12.1 Å². The fourth-order valence-electron chi connectivity index (χ4n) is 7.07. The fraction of sp³-hybridized carbons (Fsp3) is 1.00. The second-order valence-electron chi connectivity index (χ2n) is 10.9. The summed E-state index contributed by atoms with van der Waals surface area (Å²) in [4.78, 5) is 0. The van der Waals surface area contributed by atoms with Crippen molar-refractivity contribution in [3.8, 4) is 0 Å². The van der Waals surface area contributed by atoms with Crippen LogP contribution >= 0.6 is 0 Å². The largest absolute Gasteiger partial charge is 0.310 e. The minimum absolute atomic E-state index is 0.594. The van der Waals surface area contributed by atoms with Gasteiger partial charge in [0.1, 0.15) is 0 Å². The van der Waals surface area contributed by atoms with E-state index < -0.39 is 0 Å². The molecule has 2 rings (SSSR count). The van der Waals surface area contributed by atoms with Crippen molar-refractivity contribution < 1.29 is 0 Å². The first-order valence-electron chi connectivity index (χ1n) is 13.9. The van der Waals surface area contributed by atoms with E-state index in [0.717, 1.165) is 12.1 Å². The van der Waals surface area contributed by atoms with Gasteiger partial charge in [-0.1, -0.05) is 105 Å². The van der Waals surface area contributed by atoms with Crippen LogP contribution in [0.5, 0.6) is 0 Å². The molecule has 2 saturated carbocycles. The highest BCUT2D eigenvalue weighted by atomic mass is 15.0. The minimum atomic E-state index is 0.594. The Bertz CT molecular complexity index is 365. The van der Waals surface area contributed by atoms with Crippen LogP contribution in [0.3, 0.4) is 0 Å². The SMILES string of the molecule is CCCCC1(C(CCC)NC(CCC)C2(CCCC)CCCCC2)CCCCC1. The number of unbranched alkanes of at least 4 members (excludes halogenated alkanes) is 2. The number of nitrogens with one attached hydrogen (secondary N) is 1. The standard InChI is InChI=1S/C28H55N/c1-5-9-19-27(21-13-11-14-22-27)25(17-7-3)29-26(18-8-4)28(20-10-6-2)23-15-12-16-24-28/h25-26,29H,5-24H2,1-4H3. The van der Waals surface area contributed by atoms with Crippen molar-refractivity contribution in [1.29, 1.82) is 0 Å². The Morgan fingerprint density at radius 1 is 0.552 bits per heavy atom. The molecule has 1 N–H and O–H groups in total. The Labute approximate surface area is 184 Å². The molecular weight excluding hydrogens is 350 g/mol. The van der Waals surface area contributed by atoms with Gasteiger partial charge in [0.25, 0.3) is 0 Å². The van der Waals surface area contributed by atoms with Crippen LogP contribution in [0.2, 0.25) is 0 Å². The van der Waals surface area contributed by atoms with Gasteiger partial charge in [-0.25, -0.2) is 0 Å². The first-order valence-corrected chi connectivity index (χ1v) is 13.9. The van der Waals surface area contributed by atoms with Crippen LogP contribution in [0.25, 0.3) is 0 Å². The van der Waals surface area contributed by atoms with Crippen LogP contribution in [-0.2, 0) is 0 Å². The summed E-state index contributed by atoms with van der Waals surface area (Å²) in [6.45, 7) is 9.63. The fourth-order valence-corrected chi connectivity index (χ4v) is 7.07. The molecule has 0 radical (unpaired) electrons. The summed E-state index contributed by atoms with van der Waals surface area (Å²) in [5.74, 6) is 0. The van der Waals surface area contributed by atoms with Gasteiger partial charge >= 0.3 is 0 Å². The highest BCUT2D eigenvalue weighted by Gasteiger charge is 2.44. The summed E-state index contributed by atoms with van der Waals surface area (Å²) in [6.07, 6.45) is 28.8. The third-order valence-electron chi connectivity index (χ3n) is 8.79. The number of hydrogen-bond acceptors (Lipinski definition) is 1. The van der Waals surface area contributed by atoms with Gasteiger partial charge in [-0.2, -0.15) is 0 Å². The van der Waals surface area contributed by atoms with Crippen molar-refractivity contribution in [3.63, 3.8) is 0 Å². The predicted octanol–water partition coefficient (Wildman–Crippen LogP) is 9.19. The van der Waals surface area contributed by atoms with E-state index in [2.05, 4.69) is 33.0 Å². The average molecular weight is 406 g/mol. The maximum Gasteiger partial charge on any atom is 0.0126 e. The lowest BCUT2D eigenvalue weighted by Gasteiger charge is -2.51. The minimum Gasteiger partial charge on any atom is -0.310 e. The molecule has 0 bridgehead atoms. The van der Waals surface area contributed by atoms with E-state index in [0.29, 0.717) is 10.8 Å². The molecule has 0 aromatic carbocycles. The monoisotopic (exact) mass is 405 g/mol. The quantitative estimate of drug-likeness (QED) is 0.303. The zero-order valence-corrected chi connectivity index (χ0v) is 20.8. The Balaban J connectivity index is 2.25. The predicted molar refractivity (Wildman–Crippen MR) is 131 cm³/mol. The summed E-state index contributed by atoms with van der Waals surface area (Å²) in [5, 5.41) is 4.49. The van der Waals surface area contributed by atoms with E-state index >= 15 is 0 Å². The van der Waals surface area contributed by atoms with Crippen LogP contribution in [0.15, 0.2) is 0 Å². The summed E-state index contributed by atoms with van der Waals surface area (Å²) < 4.78 is 0. The molecule has 2 aliphatic rings. The third-order valence-corrected chi connectivity index (χ3v) is 8.79. The topological polar surface area (TPSA) is 12.0 Å². The van der Waals surface area contributed by atoms with Crippen molar-refractivity contribution in [2.24, 2.45) is 10.8 Å². The third kappa shape index (κ3) is 6.98. The molecule has 1 nitrogen and oxygen atoms in total. The van der Waals surface area contributed by atoms with Gasteiger partial charge < -0.3 is 5.32 Å². The van der Waals surface area contributed by atoms with Crippen molar-refractivity contribution in [1.82, 2.24) is 5.32 Å². The van der Waals surface area contributed by atoms with E-state index in [1.165, 1.54) is 128 Å².